The van der Waals surface area contributed by atoms with Crippen molar-refractivity contribution in [3.63, 3.8) is 0 Å². The SMILES string of the molecule is Oc1nc(NC2CC3C=CC2C3)sc1CCOCc1ccccc1Cl. The van der Waals surface area contributed by atoms with Crippen LogP contribution in [0.15, 0.2) is 36.4 Å². The van der Waals surface area contributed by atoms with E-state index in [0.29, 0.717) is 37.5 Å². The maximum Gasteiger partial charge on any atom is 0.227 e. The van der Waals surface area contributed by atoms with Crippen LogP contribution in [0.1, 0.15) is 23.3 Å². The third-order valence-electron chi connectivity index (χ3n) is 4.95. The van der Waals surface area contributed by atoms with Crippen molar-refractivity contribution >= 4 is 28.1 Å². The molecule has 25 heavy (non-hydrogen) atoms. The van der Waals surface area contributed by atoms with E-state index in [4.69, 9.17) is 16.3 Å². The number of ether oxygens (including phenoxy) is 1. The summed E-state index contributed by atoms with van der Waals surface area (Å²) in [7, 11) is 0. The molecule has 0 saturated heterocycles. The lowest BCUT2D eigenvalue weighted by molar-refractivity contribution is 0.124. The second kappa shape index (κ2) is 7.36. The number of allylic oxidation sites excluding steroid dienone is 1. The molecule has 0 amide bonds. The Bertz CT molecular complexity index is 777. The Labute approximate surface area is 156 Å². The van der Waals surface area contributed by atoms with Gasteiger partial charge < -0.3 is 15.2 Å². The van der Waals surface area contributed by atoms with Crippen LogP contribution >= 0.6 is 22.9 Å². The highest BCUT2D eigenvalue weighted by Crippen LogP contribution is 2.41. The number of rotatable bonds is 7. The topological polar surface area (TPSA) is 54.4 Å². The molecule has 2 bridgehead atoms. The summed E-state index contributed by atoms with van der Waals surface area (Å²) in [6, 6.07) is 8.12. The molecule has 1 saturated carbocycles. The number of thiazole rings is 1. The molecule has 6 heteroatoms. The summed E-state index contributed by atoms with van der Waals surface area (Å²) in [6.45, 7) is 0.999. The summed E-state index contributed by atoms with van der Waals surface area (Å²) < 4.78 is 5.70. The summed E-state index contributed by atoms with van der Waals surface area (Å²) in [4.78, 5) is 5.13. The molecule has 2 aliphatic carbocycles. The number of nitrogens with one attached hydrogen (secondary N) is 1. The molecule has 0 radical (unpaired) electrons. The van der Waals surface area contributed by atoms with E-state index in [-0.39, 0.29) is 5.88 Å². The molecule has 1 aromatic heterocycles. The van der Waals surface area contributed by atoms with E-state index in [1.807, 2.05) is 24.3 Å². The van der Waals surface area contributed by atoms with E-state index < -0.39 is 0 Å². The van der Waals surface area contributed by atoms with Crippen LogP contribution in [0.2, 0.25) is 5.02 Å². The molecule has 3 atom stereocenters. The normalized spacial score (nSPS) is 24.1. The van der Waals surface area contributed by atoms with Gasteiger partial charge in [0.05, 0.1) is 18.1 Å². The molecule has 132 valence electrons. The van der Waals surface area contributed by atoms with Gasteiger partial charge in [-0.05, 0) is 36.3 Å². The lowest BCUT2D eigenvalue weighted by Crippen LogP contribution is -2.23. The standard InChI is InChI=1S/C19H21ClN2O2S/c20-15-4-2-1-3-14(15)11-24-8-7-17-18(23)22-19(25-17)21-16-10-12-5-6-13(16)9-12/h1-6,12-13,16,23H,7-11H2,(H,21,22). The van der Waals surface area contributed by atoms with E-state index >= 15 is 0 Å². The van der Waals surface area contributed by atoms with Crippen molar-refractivity contribution in [3.8, 4) is 5.88 Å². The van der Waals surface area contributed by atoms with Gasteiger partial charge in [-0.3, -0.25) is 0 Å². The third kappa shape index (κ3) is 3.84. The van der Waals surface area contributed by atoms with Gasteiger partial charge in [0, 0.05) is 17.5 Å². The summed E-state index contributed by atoms with van der Waals surface area (Å²) >= 11 is 7.64. The van der Waals surface area contributed by atoms with Gasteiger partial charge in [-0.1, -0.05) is 53.3 Å². The van der Waals surface area contributed by atoms with Crippen molar-refractivity contribution in [2.75, 3.05) is 11.9 Å². The monoisotopic (exact) mass is 376 g/mol. The van der Waals surface area contributed by atoms with Crippen LogP contribution in [-0.2, 0) is 17.8 Å². The number of aromatic hydroxyl groups is 1. The first kappa shape index (κ1) is 16.9. The quantitative estimate of drug-likeness (QED) is 0.546. The van der Waals surface area contributed by atoms with Crippen LogP contribution in [0.3, 0.4) is 0 Å². The maximum absolute atomic E-state index is 10.1. The number of anilines is 1. The summed E-state index contributed by atoms with van der Waals surface area (Å²) in [5, 5.41) is 15.1. The van der Waals surface area contributed by atoms with Gasteiger partial charge in [-0.25, -0.2) is 0 Å². The summed E-state index contributed by atoms with van der Waals surface area (Å²) in [6.07, 6.45) is 7.69. The molecular weight excluding hydrogens is 356 g/mol. The zero-order valence-corrected chi connectivity index (χ0v) is 15.4. The average molecular weight is 377 g/mol. The number of benzene rings is 1. The Morgan fingerprint density at radius 3 is 2.92 bits per heavy atom. The molecule has 2 N–H and O–H groups in total. The average Bonchev–Trinajstić information content (AvgIpc) is 3.29. The first-order valence-electron chi connectivity index (χ1n) is 8.63. The molecule has 1 aromatic carbocycles. The number of nitrogens with zero attached hydrogens (tertiary/aromatic N) is 1. The second-order valence-electron chi connectivity index (χ2n) is 6.69. The Morgan fingerprint density at radius 2 is 2.16 bits per heavy atom. The largest absolute Gasteiger partial charge is 0.492 e. The third-order valence-corrected chi connectivity index (χ3v) is 6.36. The van der Waals surface area contributed by atoms with Gasteiger partial charge in [-0.15, -0.1) is 0 Å². The first-order valence-corrected chi connectivity index (χ1v) is 9.83. The molecule has 4 rings (SSSR count). The minimum atomic E-state index is 0.118. The van der Waals surface area contributed by atoms with E-state index in [1.165, 1.54) is 17.8 Å². The Hall–Kier alpha value is -1.56. The Kier molecular flexibility index (Phi) is 4.97. The zero-order chi connectivity index (χ0) is 17.2. The van der Waals surface area contributed by atoms with Crippen molar-refractivity contribution in [1.29, 1.82) is 0 Å². The maximum atomic E-state index is 10.1. The predicted octanol–water partition coefficient (Wildman–Crippen LogP) is 4.64. The number of fused-ring (bicyclic) bond motifs is 2. The van der Waals surface area contributed by atoms with Gasteiger partial charge in [-0.2, -0.15) is 4.98 Å². The molecule has 4 nitrogen and oxygen atoms in total. The fourth-order valence-corrected chi connectivity index (χ4v) is 4.72. The van der Waals surface area contributed by atoms with Crippen molar-refractivity contribution in [3.05, 3.63) is 51.9 Å². The van der Waals surface area contributed by atoms with Crippen molar-refractivity contribution in [1.82, 2.24) is 4.98 Å². The number of hydrogen-bond acceptors (Lipinski definition) is 5. The lowest BCUT2D eigenvalue weighted by atomic mass is 10.0. The summed E-state index contributed by atoms with van der Waals surface area (Å²) in [5.74, 6) is 1.44. The minimum Gasteiger partial charge on any atom is -0.492 e. The van der Waals surface area contributed by atoms with E-state index in [9.17, 15) is 5.11 Å². The van der Waals surface area contributed by atoms with Gasteiger partial charge in [0.2, 0.25) is 5.88 Å². The zero-order valence-electron chi connectivity index (χ0n) is 13.8. The van der Waals surface area contributed by atoms with Crippen LogP contribution in [-0.4, -0.2) is 22.7 Å². The Morgan fingerprint density at radius 1 is 1.28 bits per heavy atom. The van der Waals surface area contributed by atoms with Crippen molar-refractivity contribution in [2.45, 2.75) is 31.9 Å². The van der Waals surface area contributed by atoms with Gasteiger partial charge in [0.25, 0.3) is 0 Å². The highest BCUT2D eigenvalue weighted by atomic mass is 35.5. The number of halogens is 1. The highest BCUT2D eigenvalue weighted by molar-refractivity contribution is 7.15. The number of aromatic nitrogens is 1. The van der Waals surface area contributed by atoms with Crippen molar-refractivity contribution in [2.24, 2.45) is 11.8 Å². The second-order valence-corrected chi connectivity index (χ2v) is 8.18. The molecular formula is C19H21ClN2O2S. The smallest absolute Gasteiger partial charge is 0.227 e. The van der Waals surface area contributed by atoms with Crippen LogP contribution in [0.5, 0.6) is 5.88 Å². The fraction of sp³-hybridized carbons (Fsp3) is 0.421. The van der Waals surface area contributed by atoms with E-state index in [2.05, 4.69) is 22.5 Å². The first-order chi connectivity index (χ1) is 12.2. The highest BCUT2D eigenvalue weighted by Gasteiger charge is 2.36. The van der Waals surface area contributed by atoms with E-state index in [0.717, 1.165) is 27.0 Å². The van der Waals surface area contributed by atoms with Gasteiger partial charge >= 0.3 is 0 Å². The van der Waals surface area contributed by atoms with Crippen LogP contribution in [0.25, 0.3) is 0 Å². The number of hydrogen-bond donors (Lipinski definition) is 2. The summed E-state index contributed by atoms with van der Waals surface area (Å²) in [5.41, 5.74) is 0.976. The lowest BCUT2D eigenvalue weighted by Gasteiger charge is -2.18. The molecule has 2 aromatic rings. The predicted molar refractivity (Wildman–Crippen MR) is 101 cm³/mol. The molecule has 2 aliphatic rings. The minimum absolute atomic E-state index is 0.118. The van der Waals surface area contributed by atoms with Gasteiger partial charge in [0.15, 0.2) is 5.13 Å². The fourth-order valence-electron chi connectivity index (χ4n) is 3.64. The van der Waals surface area contributed by atoms with Crippen LogP contribution in [0, 0.1) is 11.8 Å². The van der Waals surface area contributed by atoms with Crippen LogP contribution in [0.4, 0.5) is 5.13 Å². The Balaban J connectivity index is 1.27. The van der Waals surface area contributed by atoms with Crippen LogP contribution < -0.4 is 5.32 Å². The molecule has 1 heterocycles. The van der Waals surface area contributed by atoms with Gasteiger partial charge in [0.1, 0.15) is 0 Å². The molecule has 0 spiro atoms. The molecule has 1 fully saturated rings. The molecule has 3 unspecified atom stereocenters. The molecule has 0 aliphatic heterocycles. The van der Waals surface area contributed by atoms with E-state index in [1.54, 1.807) is 0 Å². The van der Waals surface area contributed by atoms with Crippen molar-refractivity contribution < 1.29 is 9.84 Å².